The number of hydrogen-bond donors (Lipinski definition) is 0. The third-order valence-corrected chi connectivity index (χ3v) is 7.57. The van der Waals surface area contributed by atoms with E-state index in [1.54, 1.807) is 5.57 Å². The molecule has 150 valence electrons. The van der Waals surface area contributed by atoms with Crippen molar-refractivity contribution in [1.82, 2.24) is 0 Å². The van der Waals surface area contributed by atoms with Crippen LogP contribution in [0.5, 0.6) is 0 Å². The average Bonchev–Trinajstić information content (AvgIpc) is 2.84. The van der Waals surface area contributed by atoms with E-state index in [1.165, 1.54) is 43.8 Å². The molecule has 0 aliphatic heterocycles. The molecule has 31 heavy (non-hydrogen) atoms. The minimum absolute atomic E-state index is 0.460. The summed E-state index contributed by atoms with van der Waals surface area (Å²) in [5.41, 5.74) is 10.5. The van der Waals surface area contributed by atoms with Gasteiger partial charge in [0.1, 0.15) is 7.85 Å². The van der Waals surface area contributed by atoms with Gasteiger partial charge in [0, 0.05) is 11.8 Å². The first-order valence-corrected chi connectivity index (χ1v) is 11.6. The van der Waals surface area contributed by atoms with E-state index >= 15 is 0 Å². The quantitative estimate of drug-likeness (QED) is 0.648. The molecule has 0 N–H and O–H groups in total. The van der Waals surface area contributed by atoms with Gasteiger partial charge in [0.25, 0.3) is 0 Å². The zero-order valence-corrected chi connectivity index (χ0v) is 18.1. The van der Waals surface area contributed by atoms with Gasteiger partial charge in [-0.1, -0.05) is 96.5 Å². The third-order valence-electron chi connectivity index (χ3n) is 7.57. The second-order valence-corrected chi connectivity index (χ2v) is 9.22. The van der Waals surface area contributed by atoms with Crippen molar-refractivity contribution in [2.75, 3.05) is 0 Å². The molecule has 0 heterocycles. The lowest BCUT2D eigenvalue weighted by Gasteiger charge is -2.34. The number of fused-ring (bicyclic) bond motifs is 3. The van der Waals surface area contributed by atoms with Crippen LogP contribution < -0.4 is 10.4 Å². The van der Waals surface area contributed by atoms with Crippen molar-refractivity contribution in [2.24, 2.45) is 11.8 Å². The van der Waals surface area contributed by atoms with Crippen LogP contribution in [0.4, 0.5) is 0 Å². The summed E-state index contributed by atoms with van der Waals surface area (Å²) in [4.78, 5) is 0. The average molecular weight is 398 g/mol. The summed E-state index contributed by atoms with van der Waals surface area (Å²) in [5.74, 6) is 0.945. The Labute approximate surface area is 185 Å². The molecule has 4 aliphatic carbocycles. The molecule has 0 saturated carbocycles. The molecule has 1 heteroatoms. The van der Waals surface area contributed by atoms with Crippen LogP contribution in [-0.4, -0.2) is 7.85 Å². The van der Waals surface area contributed by atoms with E-state index in [0.717, 1.165) is 25.7 Å². The van der Waals surface area contributed by atoms with Crippen molar-refractivity contribution >= 4 is 25.0 Å². The summed E-state index contributed by atoms with van der Waals surface area (Å²) in [6, 6.07) is 17.9. The molecule has 0 nitrogen and oxygen atoms in total. The highest BCUT2D eigenvalue weighted by Gasteiger charge is 2.30. The van der Waals surface area contributed by atoms with Gasteiger partial charge < -0.3 is 0 Å². The number of allylic oxidation sites excluding steroid dienone is 9. The molecule has 2 aromatic rings. The topological polar surface area (TPSA) is 0 Å². The van der Waals surface area contributed by atoms with Gasteiger partial charge in [-0.2, -0.15) is 0 Å². The molecule has 6 rings (SSSR count). The highest BCUT2D eigenvalue weighted by atomic mass is 14.3. The van der Waals surface area contributed by atoms with Gasteiger partial charge in [0.2, 0.25) is 0 Å². The SMILES string of the molecule is BC1=c2ccccc2=C(C2=CC=C(C3=Cc4ccccc4CC3)CC2)C2C=CC=CC12. The van der Waals surface area contributed by atoms with Crippen LogP contribution in [0.25, 0.3) is 17.1 Å². The summed E-state index contributed by atoms with van der Waals surface area (Å²) in [7, 11) is 2.32. The lowest BCUT2D eigenvalue weighted by Crippen LogP contribution is -2.40. The van der Waals surface area contributed by atoms with Crippen LogP contribution in [0.15, 0.2) is 102 Å². The van der Waals surface area contributed by atoms with Crippen molar-refractivity contribution in [2.45, 2.75) is 25.7 Å². The van der Waals surface area contributed by atoms with E-state index in [1.807, 2.05) is 0 Å². The van der Waals surface area contributed by atoms with E-state index in [0.29, 0.717) is 11.8 Å². The molecule has 0 bridgehead atoms. The van der Waals surface area contributed by atoms with Crippen molar-refractivity contribution in [1.29, 1.82) is 0 Å². The first kappa shape index (κ1) is 18.7. The summed E-state index contributed by atoms with van der Waals surface area (Å²) < 4.78 is 0. The smallest absolute Gasteiger partial charge is 0.0947 e. The van der Waals surface area contributed by atoms with Crippen LogP contribution in [0.1, 0.15) is 30.4 Å². The standard InChI is InChI=1S/C30H27B/c31-30-27-11-5-3-9-25(27)29(26-10-4-6-12-28(26)30)22-16-13-21(14-17-22)24-18-15-20-7-1-2-8-23(20)19-24/h1-13,16,19,25,27H,14-15,17-18,31H2. The van der Waals surface area contributed by atoms with Crippen molar-refractivity contribution in [3.63, 3.8) is 0 Å². The molecular weight excluding hydrogens is 371 g/mol. The Morgan fingerprint density at radius 1 is 0.645 bits per heavy atom. The summed E-state index contributed by atoms with van der Waals surface area (Å²) in [6.07, 6.45) is 21.1. The number of aryl methyl sites for hydroxylation is 1. The van der Waals surface area contributed by atoms with E-state index in [9.17, 15) is 0 Å². The van der Waals surface area contributed by atoms with E-state index < -0.39 is 0 Å². The molecule has 0 radical (unpaired) electrons. The van der Waals surface area contributed by atoms with Crippen molar-refractivity contribution < 1.29 is 0 Å². The minimum atomic E-state index is 0.460. The molecule has 0 saturated heterocycles. The summed E-state index contributed by atoms with van der Waals surface area (Å²) >= 11 is 0. The molecular formula is C30H27B. The predicted molar refractivity (Wildman–Crippen MR) is 134 cm³/mol. The first-order chi connectivity index (χ1) is 15.3. The normalized spacial score (nSPS) is 23.9. The zero-order valence-electron chi connectivity index (χ0n) is 18.1. The second kappa shape index (κ2) is 7.57. The Bertz CT molecular complexity index is 1340. The van der Waals surface area contributed by atoms with E-state index in [2.05, 4.69) is 98.9 Å². The molecule has 2 aromatic carbocycles. The Balaban J connectivity index is 1.44. The molecule has 0 aromatic heterocycles. The first-order valence-electron chi connectivity index (χ1n) is 11.6. The largest absolute Gasteiger partial charge is 0.135 e. The fraction of sp³-hybridized carbons (Fsp3) is 0.200. The van der Waals surface area contributed by atoms with Crippen LogP contribution in [0, 0.1) is 11.8 Å². The van der Waals surface area contributed by atoms with Crippen LogP contribution in [-0.2, 0) is 6.42 Å². The number of hydrogen-bond acceptors (Lipinski definition) is 0. The Hall–Kier alpha value is -3.06. The fourth-order valence-electron chi connectivity index (χ4n) is 5.92. The highest BCUT2D eigenvalue weighted by molar-refractivity contribution is 6.39. The van der Waals surface area contributed by atoms with Crippen LogP contribution in [0.3, 0.4) is 0 Å². The Morgan fingerprint density at radius 2 is 1.32 bits per heavy atom. The maximum atomic E-state index is 2.43. The second-order valence-electron chi connectivity index (χ2n) is 9.22. The van der Waals surface area contributed by atoms with Gasteiger partial charge >= 0.3 is 0 Å². The number of rotatable bonds is 2. The molecule has 2 atom stereocenters. The van der Waals surface area contributed by atoms with Gasteiger partial charge in [0.15, 0.2) is 0 Å². The maximum absolute atomic E-state index is 2.43. The molecule has 0 fully saturated rings. The van der Waals surface area contributed by atoms with Crippen molar-refractivity contribution in [3.05, 3.63) is 123 Å². The van der Waals surface area contributed by atoms with Crippen LogP contribution in [0.2, 0.25) is 0 Å². The third kappa shape index (κ3) is 3.15. The van der Waals surface area contributed by atoms with Gasteiger partial charge in [-0.25, -0.2) is 0 Å². The number of benzene rings is 2. The van der Waals surface area contributed by atoms with Gasteiger partial charge in [-0.15, -0.1) is 0 Å². The van der Waals surface area contributed by atoms with Gasteiger partial charge in [-0.05, 0) is 69.5 Å². The predicted octanol–water partition coefficient (Wildman–Crippen LogP) is 4.63. The van der Waals surface area contributed by atoms with Crippen LogP contribution >= 0.6 is 0 Å². The van der Waals surface area contributed by atoms with Gasteiger partial charge in [0.05, 0.1) is 0 Å². The molecule has 4 aliphatic rings. The highest BCUT2D eigenvalue weighted by Crippen LogP contribution is 2.41. The van der Waals surface area contributed by atoms with E-state index in [4.69, 9.17) is 0 Å². The lowest BCUT2D eigenvalue weighted by molar-refractivity contribution is 0.688. The molecule has 2 unspecified atom stereocenters. The van der Waals surface area contributed by atoms with E-state index in [-0.39, 0.29) is 0 Å². The zero-order chi connectivity index (χ0) is 20.8. The maximum Gasteiger partial charge on any atom is 0.135 e. The minimum Gasteiger partial charge on any atom is -0.0947 e. The molecule has 0 amide bonds. The monoisotopic (exact) mass is 398 g/mol. The van der Waals surface area contributed by atoms with Crippen molar-refractivity contribution in [3.8, 4) is 0 Å². The Morgan fingerprint density at radius 3 is 2.16 bits per heavy atom. The molecule has 0 spiro atoms. The fourth-order valence-corrected chi connectivity index (χ4v) is 5.92. The summed E-state index contributed by atoms with van der Waals surface area (Å²) in [5, 5.41) is 2.87. The lowest BCUT2D eigenvalue weighted by atomic mass is 9.65. The van der Waals surface area contributed by atoms with Gasteiger partial charge in [-0.3, -0.25) is 0 Å². The Kier molecular flexibility index (Phi) is 4.57. The summed E-state index contributed by atoms with van der Waals surface area (Å²) in [6.45, 7) is 0.